The molecule has 106 valence electrons. The SMILES string of the molecule is COc1ccc(CC(=O)c2cc3cccc(C)c3o2)cc1. The molecule has 3 nitrogen and oxygen atoms in total. The van der Waals surface area contributed by atoms with Gasteiger partial charge in [-0.3, -0.25) is 4.79 Å². The van der Waals surface area contributed by atoms with Crippen molar-refractivity contribution in [3.05, 3.63) is 65.4 Å². The number of hydrogen-bond acceptors (Lipinski definition) is 3. The Morgan fingerprint density at radius 2 is 1.90 bits per heavy atom. The van der Waals surface area contributed by atoms with E-state index in [1.807, 2.05) is 55.5 Å². The molecule has 0 aliphatic heterocycles. The number of rotatable bonds is 4. The molecule has 0 bridgehead atoms. The first-order valence-electron chi connectivity index (χ1n) is 6.82. The molecular formula is C18H16O3. The maximum absolute atomic E-state index is 12.3. The Balaban J connectivity index is 1.84. The number of ether oxygens (including phenoxy) is 1. The van der Waals surface area contributed by atoms with Crippen LogP contribution in [0.1, 0.15) is 21.7 Å². The number of para-hydroxylation sites is 1. The van der Waals surface area contributed by atoms with Crippen molar-refractivity contribution in [3.8, 4) is 5.75 Å². The number of ketones is 1. The van der Waals surface area contributed by atoms with E-state index in [4.69, 9.17) is 9.15 Å². The monoisotopic (exact) mass is 280 g/mol. The number of carbonyl (C=O) groups is 1. The molecule has 0 atom stereocenters. The summed E-state index contributed by atoms with van der Waals surface area (Å²) in [6, 6.07) is 15.2. The lowest BCUT2D eigenvalue weighted by Gasteiger charge is -2.01. The van der Waals surface area contributed by atoms with Crippen LogP contribution in [0.3, 0.4) is 0 Å². The second-order valence-corrected chi connectivity index (χ2v) is 5.05. The molecule has 1 heterocycles. The average molecular weight is 280 g/mol. The van der Waals surface area contributed by atoms with Crippen molar-refractivity contribution in [2.45, 2.75) is 13.3 Å². The van der Waals surface area contributed by atoms with Gasteiger partial charge in [0.15, 0.2) is 5.76 Å². The van der Waals surface area contributed by atoms with E-state index < -0.39 is 0 Å². The van der Waals surface area contributed by atoms with Crippen molar-refractivity contribution in [1.82, 2.24) is 0 Å². The van der Waals surface area contributed by atoms with Gasteiger partial charge < -0.3 is 9.15 Å². The Kier molecular flexibility index (Phi) is 3.48. The molecule has 0 N–H and O–H groups in total. The van der Waals surface area contributed by atoms with Gasteiger partial charge in [0.05, 0.1) is 7.11 Å². The summed E-state index contributed by atoms with van der Waals surface area (Å²) >= 11 is 0. The lowest BCUT2D eigenvalue weighted by atomic mass is 10.1. The quantitative estimate of drug-likeness (QED) is 0.673. The van der Waals surface area contributed by atoms with E-state index in [1.165, 1.54) is 0 Å². The number of furan rings is 1. The minimum absolute atomic E-state index is 0.0178. The molecule has 0 saturated heterocycles. The van der Waals surface area contributed by atoms with E-state index in [1.54, 1.807) is 7.11 Å². The lowest BCUT2D eigenvalue weighted by molar-refractivity contribution is 0.0968. The normalized spacial score (nSPS) is 10.8. The van der Waals surface area contributed by atoms with Crippen molar-refractivity contribution >= 4 is 16.8 Å². The van der Waals surface area contributed by atoms with Crippen LogP contribution in [0.15, 0.2) is 52.9 Å². The molecule has 3 rings (SSSR count). The van der Waals surface area contributed by atoms with E-state index >= 15 is 0 Å². The average Bonchev–Trinajstić information content (AvgIpc) is 2.94. The first-order chi connectivity index (χ1) is 10.2. The molecule has 0 radical (unpaired) electrons. The van der Waals surface area contributed by atoms with E-state index in [-0.39, 0.29) is 5.78 Å². The topological polar surface area (TPSA) is 39.4 Å². The summed E-state index contributed by atoms with van der Waals surface area (Å²) < 4.78 is 10.8. The summed E-state index contributed by atoms with van der Waals surface area (Å²) in [5.74, 6) is 1.18. The second kappa shape index (κ2) is 5.44. The van der Waals surface area contributed by atoms with Gasteiger partial charge in [-0.05, 0) is 36.2 Å². The zero-order valence-corrected chi connectivity index (χ0v) is 12.1. The molecular weight excluding hydrogens is 264 g/mol. The van der Waals surface area contributed by atoms with Gasteiger partial charge in [0.2, 0.25) is 5.78 Å². The predicted octanol–water partition coefficient (Wildman–Crippen LogP) is 4.18. The highest BCUT2D eigenvalue weighted by Crippen LogP contribution is 2.23. The van der Waals surface area contributed by atoms with Gasteiger partial charge in [-0.2, -0.15) is 0 Å². The molecule has 21 heavy (non-hydrogen) atoms. The highest BCUT2D eigenvalue weighted by Gasteiger charge is 2.14. The van der Waals surface area contributed by atoms with E-state index in [0.717, 1.165) is 27.8 Å². The number of aryl methyl sites for hydroxylation is 1. The fourth-order valence-corrected chi connectivity index (χ4v) is 2.36. The van der Waals surface area contributed by atoms with Gasteiger partial charge in [-0.15, -0.1) is 0 Å². The van der Waals surface area contributed by atoms with Crippen LogP contribution in [0.5, 0.6) is 5.75 Å². The first kappa shape index (κ1) is 13.4. The van der Waals surface area contributed by atoms with Gasteiger partial charge in [0.1, 0.15) is 11.3 Å². The van der Waals surface area contributed by atoms with Crippen molar-refractivity contribution in [2.24, 2.45) is 0 Å². The molecule has 1 aromatic heterocycles. The summed E-state index contributed by atoms with van der Waals surface area (Å²) in [5.41, 5.74) is 2.77. The van der Waals surface area contributed by atoms with Gasteiger partial charge in [0, 0.05) is 11.8 Å². The van der Waals surface area contributed by atoms with Crippen LogP contribution >= 0.6 is 0 Å². The Morgan fingerprint density at radius 1 is 1.14 bits per heavy atom. The van der Waals surface area contributed by atoms with Crippen LogP contribution in [-0.2, 0) is 6.42 Å². The highest BCUT2D eigenvalue weighted by atomic mass is 16.5. The summed E-state index contributed by atoms with van der Waals surface area (Å²) in [4.78, 5) is 12.3. The molecule has 3 aromatic rings. The molecule has 0 aliphatic carbocycles. The molecule has 3 heteroatoms. The number of hydrogen-bond donors (Lipinski definition) is 0. The molecule has 0 saturated carbocycles. The van der Waals surface area contributed by atoms with Crippen LogP contribution in [0.2, 0.25) is 0 Å². The van der Waals surface area contributed by atoms with Crippen LogP contribution in [0.4, 0.5) is 0 Å². The van der Waals surface area contributed by atoms with E-state index in [2.05, 4.69) is 0 Å². The van der Waals surface area contributed by atoms with Crippen molar-refractivity contribution < 1.29 is 13.9 Å². The molecule has 0 unspecified atom stereocenters. The number of fused-ring (bicyclic) bond motifs is 1. The fraction of sp³-hybridized carbons (Fsp3) is 0.167. The second-order valence-electron chi connectivity index (χ2n) is 5.05. The summed E-state index contributed by atoms with van der Waals surface area (Å²) in [5, 5.41) is 0.966. The third-order valence-corrected chi connectivity index (χ3v) is 3.54. The van der Waals surface area contributed by atoms with E-state index in [9.17, 15) is 4.79 Å². The number of Topliss-reactive ketones (excluding diaryl/α,β-unsaturated/α-hetero) is 1. The third kappa shape index (κ3) is 2.68. The van der Waals surface area contributed by atoms with Crippen LogP contribution in [0, 0.1) is 6.92 Å². The molecule has 0 aliphatic rings. The van der Waals surface area contributed by atoms with Crippen LogP contribution in [0.25, 0.3) is 11.0 Å². The zero-order chi connectivity index (χ0) is 14.8. The first-order valence-corrected chi connectivity index (χ1v) is 6.82. The largest absolute Gasteiger partial charge is 0.497 e. The predicted molar refractivity (Wildman–Crippen MR) is 82.0 cm³/mol. The molecule has 0 fully saturated rings. The Morgan fingerprint density at radius 3 is 2.57 bits per heavy atom. The van der Waals surface area contributed by atoms with Gasteiger partial charge in [0.25, 0.3) is 0 Å². The molecule has 0 amide bonds. The van der Waals surface area contributed by atoms with Crippen molar-refractivity contribution in [2.75, 3.05) is 7.11 Å². The van der Waals surface area contributed by atoms with Gasteiger partial charge in [-0.1, -0.05) is 30.3 Å². The lowest BCUT2D eigenvalue weighted by Crippen LogP contribution is -2.01. The standard InChI is InChI=1S/C18H16O3/c1-12-4-3-5-14-11-17(21-18(12)14)16(19)10-13-6-8-15(20-2)9-7-13/h3-9,11H,10H2,1-2H3. The maximum atomic E-state index is 12.3. The highest BCUT2D eigenvalue weighted by molar-refractivity contribution is 5.99. The molecule has 0 spiro atoms. The number of methoxy groups -OCH3 is 1. The van der Waals surface area contributed by atoms with Crippen LogP contribution < -0.4 is 4.74 Å². The number of benzene rings is 2. The van der Waals surface area contributed by atoms with Gasteiger partial charge >= 0.3 is 0 Å². The fourth-order valence-electron chi connectivity index (χ4n) is 2.36. The minimum atomic E-state index is -0.0178. The van der Waals surface area contributed by atoms with Crippen molar-refractivity contribution in [3.63, 3.8) is 0 Å². The summed E-state index contributed by atoms with van der Waals surface area (Å²) in [6.07, 6.45) is 0.322. The molecule has 2 aromatic carbocycles. The van der Waals surface area contributed by atoms with E-state index in [0.29, 0.717) is 12.2 Å². The zero-order valence-electron chi connectivity index (χ0n) is 12.1. The van der Waals surface area contributed by atoms with Gasteiger partial charge in [-0.25, -0.2) is 0 Å². The van der Waals surface area contributed by atoms with Crippen LogP contribution in [-0.4, -0.2) is 12.9 Å². The summed E-state index contributed by atoms with van der Waals surface area (Å²) in [7, 11) is 1.62. The van der Waals surface area contributed by atoms with Crippen molar-refractivity contribution in [1.29, 1.82) is 0 Å². The third-order valence-electron chi connectivity index (χ3n) is 3.54. The Bertz CT molecular complexity index is 782. The maximum Gasteiger partial charge on any atom is 0.202 e. The Hall–Kier alpha value is -2.55. The smallest absolute Gasteiger partial charge is 0.202 e. The Labute approximate surface area is 123 Å². The minimum Gasteiger partial charge on any atom is -0.497 e. The summed E-state index contributed by atoms with van der Waals surface area (Å²) in [6.45, 7) is 1.98. The number of carbonyl (C=O) groups excluding carboxylic acids is 1.